The Morgan fingerprint density at radius 3 is 3.19 bits per heavy atom. The third-order valence-electron chi connectivity index (χ3n) is 3.36. The number of aromatic nitrogens is 2. The number of imidazole rings is 1. The number of nitrogens with one attached hydrogen (secondary N) is 1. The highest BCUT2D eigenvalue weighted by Gasteiger charge is 2.39. The Morgan fingerprint density at radius 1 is 1.69 bits per heavy atom. The van der Waals surface area contributed by atoms with E-state index < -0.39 is 0 Å². The molecule has 0 aliphatic heterocycles. The van der Waals surface area contributed by atoms with Crippen molar-refractivity contribution in [2.24, 2.45) is 0 Å². The molecule has 1 saturated carbocycles. The summed E-state index contributed by atoms with van der Waals surface area (Å²) in [5.74, 6) is 0. The van der Waals surface area contributed by atoms with E-state index in [2.05, 4.69) is 27.9 Å². The molecule has 2 atom stereocenters. The van der Waals surface area contributed by atoms with E-state index in [4.69, 9.17) is 0 Å². The molecule has 4 heteroatoms. The maximum atomic E-state index is 9.32. The van der Waals surface area contributed by atoms with Crippen LogP contribution in [-0.2, 0) is 0 Å². The second kappa shape index (κ2) is 4.67. The summed E-state index contributed by atoms with van der Waals surface area (Å²) in [4.78, 5) is 4.06. The quantitative estimate of drug-likeness (QED) is 0.839. The molecule has 0 radical (unpaired) electrons. The molecule has 4 nitrogen and oxygen atoms in total. The van der Waals surface area contributed by atoms with Crippen LogP contribution < -0.4 is 5.32 Å². The SMILES string of the molecule is CCCNC1(C#N)CCC(n2ccnc2)C1. The molecule has 2 unspecified atom stereocenters. The lowest BCUT2D eigenvalue weighted by Crippen LogP contribution is -2.42. The van der Waals surface area contributed by atoms with Crippen LogP contribution in [0.15, 0.2) is 18.7 Å². The van der Waals surface area contributed by atoms with Crippen LogP contribution in [0.5, 0.6) is 0 Å². The average Bonchev–Trinajstić information content (AvgIpc) is 2.96. The second-order valence-electron chi connectivity index (χ2n) is 4.53. The Bertz CT molecular complexity index is 365. The second-order valence-corrected chi connectivity index (χ2v) is 4.53. The maximum Gasteiger partial charge on any atom is 0.108 e. The Hall–Kier alpha value is -1.34. The smallest absolute Gasteiger partial charge is 0.108 e. The number of nitrogens with zero attached hydrogens (tertiary/aromatic N) is 3. The van der Waals surface area contributed by atoms with Gasteiger partial charge in [0.05, 0.1) is 12.4 Å². The van der Waals surface area contributed by atoms with Crippen molar-refractivity contribution < 1.29 is 0 Å². The molecule has 0 saturated heterocycles. The van der Waals surface area contributed by atoms with E-state index in [0.29, 0.717) is 6.04 Å². The van der Waals surface area contributed by atoms with Crippen molar-refractivity contribution in [2.45, 2.75) is 44.2 Å². The van der Waals surface area contributed by atoms with E-state index in [1.807, 2.05) is 12.5 Å². The molecule has 0 amide bonds. The summed E-state index contributed by atoms with van der Waals surface area (Å²) in [6.07, 6.45) is 9.58. The van der Waals surface area contributed by atoms with E-state index in [1.165, 1.54) is 0 Å². The van der Waals surface area contributed by atoms with E-state index >= 15 is 0 Å². The number of hydrogen-bond acceptors (Lipinski definition) is 3. The number of nitriles is 1. The minimum atomic E-state index is -0.315. The summed E-state index contributed by atoms with van der Waals surface area (Å²) in [6.45, 7) is 3.05. The summed E-state index contributed by atoms with van der Waals surface area (Å²) in [5, 5.41) is 12.7. The Labute approximate surface area is 96.3 Å². The molecule has 1 aromatic rings. The van der Waals surface area contributed by atoms with Crippen molar-refractivity contribution in [3.05, 3.63) is 18.7 Å². The van der Waals surface area contributed by atoms with Crippen LogP contribution in [0.1, 0.15) is 38.6 Å². The van der Waals surface area contributed by atoms with Crippen LogP contribution in [0, 0.1) is 11.3 Å². The van der Waals surface area contributed by atoms with Crippen molar-refractivity contribution in [3.63, 3.8) is 0 Å². The third-order valence-corrected chi connectivity index (χ3v) is 3.36. The van der Waals surface area contributed by atoms with Gasteiger partial charge in [-0.2, -0.15) is 5.26 Å². The minimum Gasteiger partial charge on any atom is -0.334 e. The van der Waals surface area contributed by atoms with Crippen molar-refractivity contribution >= 4 is 0 Å². The fraction of sp³-hybridized carbons (Fsp3) is 0.667. The molecule has 16 heavy (non-hydrogen) atoms. The predicted molar refractivity (Wildman–Crippen MR) is 61.8 cm³/mol. The predicted octanol–water partition coefficient (Wildman–Crippen LogP) is 1.87. The van der Waals surface area contributed by atoms with E-state index in [1.54, 1.807) is 6.20 Å². The Kier molecular flexibility index (Phi) is 3.25. The molecule has 1 aliphatic carbocycles. The van der Waals surface area contributed by atoms with Gasteiger partial charge in [0, 0.05) is 18.4 Å². The Balaban J connectivity index is 2.03. The lowest BCUT2D eigenvalue weighted by molar-refractivity contribution is 0.400. The molecule has 2 rings (SSSR count). The van der Waals surface area contributed by atoms with Gasteiger partial charge in [0.2, 0.25) is 0 Å². The van der Waals surface area contributed by atoms with Gasteiger partial charge < -0.3 is 4.57 Å². The van der Waals surface area contributed by atoms with Gasteiger partial charge in [-0.05, 0) is 32.2 Å². The Morgan fingerprint density at radius 2 is 2.56 bits per heavy atom. The van der Waals surface area contributed by atoms with Gasteiger partial charge in [0.1, 0.15) is 5.54 Å². The lowest BCUT2D eigenvalue weighted by Gasteiger charge is -2.22. The third kappa shape index (κ3) is 2.10. The molecule has 1 heterocycles. The van der Waals surface area contributed by atoms with Crippen LogP contribution in [0.2, 0.25) is 0 Å². The summed E-state index contributed by atoms with van der Waals surface area (Å²) >= 11 is 0. The number of rotatable bonds is 4. The van der Waals surface area contributed by atoms with E-state index in [-0.39, 0.29) is 5.54 Å². The minimum absolute atomic E-state index is 0.315. The molecule has 0 bridgehead atoms. The fourth-order valence-corrected chi connectivity index (χ4v) is 2.43. The van der Waals surface area contributed by atoms with Crippen LogP contribution >= 0.6 is 0 Å². The van der Waals surface area contributed by atoms with Crippen LogP contribution in [0.3, 0.4) is 0 Å². The van der Waals surface area contributed by atoms with E-state index in [0.717, 1.165) is 32.2 Å². The average molecular weight is 218 g/mol. The fourth-order valence-electron chi connectivity index (χ4n) is 2.43. The first-order chi connectivity index (χ1) is 7.79. The standard InChI is InChI=1S/C12H18N4/c1-2-5-15-12(9-13)4-3-11(8-12)16-7-6-14-10-16/h6-7,10-11,15H,2-5,8H2,1H3. The largest absolute Gasteiger partial charge is 0.334 e. The molecular formula is C12H18N4. The topological polar surface area (TPSA) is 53.6 Å². The highest BCUT2D eigenvalue weighted by Crippen LogP contribution is 2.37. The van der Waals surface area contributed by atoms with Gasteiger partial charge >= 0.3 is 0 Å². The van der Waals surface area contributed by atoms with Gasteiger partial charge in [-0.15, -0.1) is 0 Å². The van der Waals surface area contributed by atoms with Crippen molar-refractivity contribution in [3.8, 4) is 6.07 Å². The molecule has 86 valence electrons. The zero-order valence-electron chi connectivity index (χ0n) is 9.69. The van der Waals surface area contributed by atoms with Gasteiger partial charge in [-0.1, -0.05) is 6.92 Å². The highest BCUT2D eigenvalue weighted by atomic mass is 15.1. The first kappa shape index (κ1) is 11.2. The van der Waals surface area contributed by atoms with Gasteiger partial charge in [0.25, 0.3) is 0 Å². The van der Waals surface area contributed by atoms with Crippen molar-refractivity contribution in [1.82, 2.24) is 14.9 Å². The lowest BCUT2D eigenvalue weighted by atomic mass is 9.99. The molecule has 0 aromatic carbocycles. The van der Waals surface area contributed by atoms with Gasteiger partial charge in [-0.25, -0.2) is 4.98 Å². The first-order valence-electron chi connectivity index (χ1n) is 5.93. The summed E-state index contributed by atoms with van der Waals surface area (Å²) in [6, 6.07) is 2.88. The maximum absolute atomic E-state index is 9.32. The molecule has 0 spiro atoms. The van der Waals surface area contributed by atoms with E-state index in [9.17, 15) is 5.26 Å². The molecule has 1 N–H and O–H groups in total. The highest BCUT2D eigenvalue weighted by molar-refractivity contribution is 5.12. The van der Waals surface area contributed by atoms with Gasteiger partial charge in [0.15, 0.2) is 0 Å². The molecular weight excluding hydrogens is 200 g/mol. The monoisotopic (exact) mass is 218 g/mol. The summed E-state index contributed by atoms with van der Waals surface area (Å²) in [7, 11) is 0. The number of hydrogen-bond donors (Lipinski definition) is 1. The van der Waals surface area contributed by atoms with Crippen molar-refractivity contribution in [2.75, 3.05) is 6.54 Å². The van der Waals surface area contributed by atoms with Crippen LogP contribution in [-0.4, -0.2) is 21.6 Å². The van der Waals surface area contributed by atoms with Crippen molar-refractivity contribution in [1.29, 1.82) is 5.26 Å². The van der Waals surface area contributed by atoms with Crippen LogP contribution in [0.4, 0.5) is 0 Å². The summed E-state index contributed by atoms with van der Waals surface area (Å²) in [5.41, 5.74) is -0.315. The molecule has 1 aliphatic rings. The summed E-state index contributed by atoms with van der Waals surface area (Å²) < 4.78 is 2.12. The molecule has 1 fully saturated rings. The van der Waals surface area contributed by atoms with Gasteiger partial charge in [-0.3, -0.25) is 5.32 Å². The zero-order chi connectivity index (χ0) is 11.4. The normalized spacial score (nSPS) is 29.1. The molecule has 1 aromatic heterocycles. The first-order valence-corrected chi connectivity index (χ1v) is 5.93. The zero-order valence-corrected chi connectivity index (χ0v) is 9.69. The van der Waals surface area contributed by atoms with Crippen LogP contribution in [0.25, 0.3) is 0 Å².